The second kappa shape index (κ2) is 9.06. The summed E-state index contributed by atoms with van der Waals surface area (Å²) in [6.45, 7) is 5.31. The maximum Gasteiger partial charge on any atom is 0.338 e. The van der Waals surface area contributed by atoms with Crippen LogP contribution in [0.2, 0.25) is 5.02 Å². The maximum absolute atomic E-state index is 13.6. The normalized spacial score (nSPS) is 15.8. The Morgan fingerprint density at radius 1 is 1.31 bits per heavy atom. The smallest absolute Gasteiger partial charge is 0.338 e. The van der Waals surface area contributed by atoms with Crippen molar-refractivity contribution in [2.75, 3.05) is 6.61 Å². The molecule has 1 aliphatic rings. The predicted octanol–water partition coefficient (Wildman–Crippen LogP) is 3.76. The molecular weight excluding hydrogens is 451 g/mol. The second-order valence-corrected chi connectivity index (χ2v) is 8.52. The number of nitrogens with zero attached hydrogens (tertiary/aromatic N) is 2. The lowest BCUT2D eigenvalue weighted by Gasteiger charge is -2.24. The van der Waals surface area contributed by atoms with Gasteiger partial charge in [-0.3, -0.25) is 9.36 Å². The number of allylic oxidation sites excluding steroid dienone is 1. The highest BCUT2D eigenvalue weighted by Crippen LogP contribution is 2.31. The van der Waals surface area contributed by atoms with Crippen LogP contribution in [0.4, 0.5) is 4.39 Å². The number of carbonyl (C=O) groups excluding carboxylic acids is 1. The van der Waals surface area contributed by atoms with Crippen LogP contribution in [0.3, 0.4) is 0 Å². The van der Waals surface area contributed by atoms with Crippen LogP contribution < -0.4 is 14.9 Å². The van der Waals surface area contributed by atoms with Crippen LogP contribution in [0.5, 0.6) is 0 Å². The molecule has 0 bridgehead atoms. The highest BCUT2D eigenvalue weighted by Gasteiger charge is 2.33. The number of rotatable bonds is 5. The predicted molar refractivity (Wildman–Crippen MR) is 123 cm³/mol. The molecule has 1 unspecified atom stereocenters. The summed E-state index contributed by atoms with van der Waals surface area (Å²) in [5.74, 6) is -0.973. The van der Waals surface area contributed by atoms with Gasteiger partial charge in [-0.05, 0) is 48.4 Å². The number of ether oxygens (including phenoxy) is 1. The van der Waals surface area contributed by atoms with E-state index in [1.165, 1.54) is 34.1 Å². The quantitative estimate of drug-likeness (QED) is 0.423. The van der Waals surface area contributed by atoms with E-state index in [-0.39, 0.29) is 17.7 Å². The van der Waals surface area contributed by atoms with Crippen LogP contribution in [-0.2, 0) is 9.53 Å². The van der Waals surface area contributed by atoms with Gasteiger partial charge in [-0.2, -0.15) is 0 Å². The van der Waals surface area contributed by atoms with Gasteiger partial charge >= 0.3 is 5.97 Å². The summed E-state index contributed by atoms with van der Waals surface area (Å²) in [7, 11) is 0. The largest absolute Gasteiger partial charge is 0.458 e. The Labute approximate surface area is 192 Å². The summed E-state index contributed by atoms with van der Waals surface area (Å²) in [6.07, 6.45) is 3.08. The van der Waals surface area contributed by atoms with E-state index in [4.69, 9.17) is 16.3 Å². The van der Waals surface area contributed by atoms with Crippen LogP contribution in [-0.4, -0.2) is 17.1 Å². The van der Waals surface area contributed by atoms with Gasteiger partial charge in [-0.25, -0.2) is 14.2 Å². The van der Waals surface area contributed by atoms with Crippen molar-refractivity contribution in [1.82, 2.24) is 4.57 Å². The van der Waals surface area contributed by atoms with Crippen LogP contribution in [0, 0.1) is 5.82 Å². The molecule has 5 nitrogen and oxygen atoms in total. The molecule has 0 fully saturated rings. The zero-order valence-corrected chi connectivity index (χ0v) is 18.6. The maximum atomic E-state index is 13.6. The second-order valence-electron chi connectivity index (χ2n) is 7.08. The minimum Gasteiger partial charge on any atom is -0.458 e. The SMILES string of the molecule is C=CCOC(=O)C1=C(C)N=c2sc(=Cc3cccc(F)c3)c(=O)n2C1c1ccc(Cl)cc1. The first-order valence-corrected chi connectivity index (χ1v) is 10.9. The van der Waals surface area contributed by atoms with Crippen molar-refractivity contribution < 1.29 is 13.9 Å². The number of fused-ring (bicyclic) bond motifs is 1. The zero-order valence-electron chi connectivity index (χ0n) is 17.0. The van der Waals surface area contributed by atoms with Gasteiger partial charge in [-0.1, -0.05) is 59.9 Å². The van der Waals surface area contributed by atoms with E-state index < -0.39 is 17.8 Å². The number of thiazole rings is 1. The summed E-state index contributed by atoms with van der Waals surface area (Å²) in [4.78, 5) is 31.3. The molecule has 0 aliphatic carbocycles. The minimum absolute atomic E-state index is 0.0347. The molecule has 2 heterocycles. The Morgan fingerprint density at radius 3 is 2.75 bits per heavy atom. The molecule has 0 saturated carbocycles. The molecule has 0 amide bonds. The fourth-order valence-electron chi connectivity index (χ4n) is 3.50. The third kappa shape index (κ3) is 4.22. The third-order valence-electron chi connectivity index (χ3n) is 4.91. The van der Waals surface area contributed by atoms with E-state index in [1.807, 2.05) is 0 Å². The lowest BCUT2D eigenvalue weighted by molar-refractivity contribution is -0.138. The van der Waals surface area contributed by atoms with E-state index in [0.717, 1.165) is 0 Å². The zero-order chi connectivity index (χ0) is 22.8. The van der Waals surface area contributed by atoms with Gasteiger partial charge in [0.15, 0.2) is 4.80 Å². The molecule has 0 spiro atoms. The molecule has 162 valence electrons. The van der Waals surface area contributed by atoms with E-state index in [1.54, 1.807) is 49.4 Å². The molecule has 4 rings (SSSR count). The summed E-state index contributed by atoms with van der Waals surface area (Å²) in [5.41, 5.74) is 1.63. The van der Waals surface area contributed by atoms with Crippen molar-refractivity contribution in [2.45, 2.75) is 13.0 Å². The first-order chi connectivity index (χ1) is 15.4. The van der Waals surface area contributed by atoms with Crippen molar-refractivity contribution in [1.29, 1.82) is 0 Å². The van der Waals surface area contributed by atoms with Crippen molar-refractivity contribution >= 4 is 35.0 Å². The molecule has 1 aliphatic heterocycles. The van der Waals surface area contributed by atoms with E-state index in [2.05, 4.69) is 11.6 Å². The lowest BCUT2D eigenvalue weighted by Crippen LogP contribution is -2.39. The Morgan fingerprint density at radius 2 is 2.06 bits per heavy atom. The van der Waals surface area contributed by atoms with Gasteiger partial charge in [0.25, 0.3) is 5.56 Å². The molecule has 2 aromatic carbocycles. The average molecular weight is 469 g/mol. The molecule has 3 aromatic rings. The van der Waals surface area contributed by atoms with Crippen molar-refractivity contribution in [3.63, 3.8) is 0 Å². The monoisotopic (exact) mass is 468 g/mol. The number of aromatic nitrogens is 1. The van der Waals surface area contributed by atoms with Gasteiger partial charge in [0.05, 0.1) is 21.8 Å². The molecule has 0 radical (unpaired) electrons. The number of benzene rings is 2. The van der Waals surface area contributed by atoms with E-state index in [9.17, 15) is 14.0 Å². The van der Waals surface area contributed by atoms with E-state index >= 15 is 0 Å². The van der Waals surface area contributed by atoms with Gasteiger partial charge < -0.3 is 4.74 Å². The number of esters is 1. The van der Waals surface area contributed by atoms with Crippen LogP contribution in [0.1, 0.15) is 24.1 Å². The number of hydrogen-bond donors (Lipinski definition) is 0. The fraction of sp³-hybridized carbons (Fsp3) is 0.125. The minimum atomic E-state index is -0.740. The highest BCUT2D eigenvalue weighted by atomic mass is 35.5. The molecule has 0 N–H and O–H groups in total. The third-order valence-corrected chi connectivity index (χ3v) is 6.14. The van der Waals surface area contributed by atoms with Gasteiger partial charge in [0.2, 0.25) is 0 Å². The van der Waals surface area contributed by atoms with Crippen molar-refractivity contribution in [3.8, 4) is 0 Å². The van der Waals surface area contributed by atoms with Gasteiger partial charge in [0, 0.05) is 5.02 Å². The van der Waals surface area contributed by atoms with Gasteiger partial charge in [-0.15, -0.1) is 0 Å². The molecule has 1 atom stereocenters. The Balaban J connectivity index is 1.94. The molecule has 1 aromatic heterocycles. The first-order valence-electron chi connectivity index (χ1n) is 9.70. The Kier molecular flexibility index (Phi) is 6.21. The van der Waals surface area contributed by atoms with Crippen molar-refractivity contribution in [2.24, 2.45) is 4.99 Å². The Hall–Kier alpha value is -3.29. The molecule has 8 heteroatoms. The first kappa shape index (κ1) is 21.9. The molecular formula is C24H18ClFN2O3S. The number of hydrogen-bond acceptors (Lipinski definition) is 5. The highest BCUT2D eigenvalue weighted by molar-refractivity contribution is 7.07. The van der Waals surface area contributed by atoms with Gasteiger partial charge in [0.1, 0.15) is 12.4 Å². The fourth-order valence-corrected chi connectivity index (χ4v) is 4.68. The van der Waals surface area contributed by atoms with Crippen LogP contribution in [0.15, 0.2) is 82.2 Å². The average Bonchev–Trinajstić information content (AvgIpc) is 3.06. The van der Waals surface area contributed by atoms with Crippen molar-refractivity contribution in [3.05, 3.63) is 114 Å². The molecule has 32 heavy (non-hydrogen) atoms. The van der Waals surface area contributed by atoms with Crippen LogP contribution in [0.25, 0.3) is 6.08 Å². The van der Waals surface area contributed by atoms with Crippen LogP contribution >= 0.6 is 22.9 Å². The molecule has 0 saturated heterocycles. The standard InChI is InChI=1S/C24H18ClFN2O3S/c1-3-11-31-23(30)20-14(2)27-24-28(21(20)16-7-9-17(25)10-8-16)22(29)19(32-24)13-15-5-4-6-18(26)12-15/h3-10,12-13,21H,1,11H2,2H3. The summed E-state index contributed by atoms with van der Waals surface area (Å²) in [5, 5.41) is 0.531. The Bertz CT molecular complexity index is 1420. The summed E-state index contributed by atoms with van der Waals surface area (Å²) in [6, 6.07) is 12.1. The topological polar surface area (TPSA) is 60.7 Å². The lowest BCUT2D eigenvalue weighted by atomic mass is 9.96. The number of halogens is 2. The van der Waals surface area contributed by atoms with E-state index in [0.29, 0.717) is 31.2 Å². The summed E-state index contributed by atoms with van der Waals surface area (Å²) >= 11 is 7.23. The summed E-state index contributed by atoms with van der Waals surface area (Å²) < 4.78 is 20.7. The number of carbonyl (C=O) groups is 1.